The Labute approximate surface area is 110 Å². The highest BCUT2D eigenvalue weighted by molar-refractivity contribution is 5.99. The second kappa shape index (κ2) is 5.53. The monoisotopic (exact) mass is 249 g/mol. The summed E-state index contributed by atoms with van der Waals surface area (Å²) in [6.07, 6.45) is 0. The average molecular weight is 249 g/mol. The van der Waals surface area contributed by atoms with Crippen molar-refractivity contribution in [2.24, 2.45) is 0 Å². The van der Waals surface area contributed by atoms with Gasteiger partial charge in [0.15, 0.2) is 5.78 Å². The Kier molecular flexibility index (Phi) is 4.52. The highest BCUT2D eigenvalue weighted by atomic mass is 16.5. The summed E-state index contributed by atoms with van der Waals surface area (Å²) in [5.74, 6) is 0.962. The van der Waals surface area contributed by atoms with Crippen molar-refractivity contribution < 1.29 is 9.53 Å². The van der Waals surface area contributed by atoms with Gasteiger partial charge in [-0.15, -0.1) is 0 Å². The van der Waals surface area contributed by atoms with Crippen molar-refractivity contribution in [2.75, 3.05) is 20.7 Å². The fraction of sp³-hybridized carbons (Fsp3) is 0.533. The zero-order chi connectivity index (χ0) is 13.9. The summed E-state index contributed by atoms with van der Waals surface area (Å²) in [5, 5.41) is 2.90. The van der Waals surface area contributed by atoms with Crippen LogP contribution in [0.15, 0.2) is 12.1 Å². The molecule has 3 nitrogen and oxygen atoms in total. The Morgan fingerprint density at radius 3 is 2.39 bits per heavy atom. The van der Waals surface area contributed by atoms with Crippen LogP contribution in [0, 0.1) is 6.92 Å². The van der Waals surface area contributed by atoms with Crippen molar-refractivity contribution >= 4 is 5.78 Å². The van der Waals surface area contributed by atoms with E-state index in [1.165, 1.54) is 0 Å². The molecule has 0 heterocycles. The molecular formula is C15H23NO2. The van der Waals surface area contributed by atoms with E-state index in [2.05, 4.69) is 26.1 Å². The molecule has 0 aliphatic heterocycles. The van der Waals surface area contributed by atoms with Crippen LogP contribution < -0.4 is 10.1 Å². The van der Waals surface area contributed by atoms with Crippen LogP contribution in [0.1, 0.15) is 42.3 Å². The third-order valence-corrected chi connectivity index (χ3v) is 2.99. The van der Waals surface area contributed by atoms with Gasteiger partial charge < -0.3 is 10.1 Å². The van der Waals surface area contributed by atoms with Gasteiger partial charge in [-0.25, -0.2) is 0 Å². The van der Waals surface area contributed by atoms with Gasteiger partial charge >= 0.3 is 0 Å². The lowest BCUT2D eigenvalue weighted by Gasteiger charge is -2.23. The van der Waals surface area contributed by atoms with Crippen molar-refractivity contribution in [3.63, 3.8) is 0 Å². The summed E-state index contributed by atoms with van der Waals surface area (Å²) in [6.45, 7) is 8.65. The number of hydrogen-bond acceptors (Lipinski definition) is 3. The van der Waals surface area contributed by atoms with Crippen LogP contribution in [0.25, 0.3) is 0 Å². The number of ether oxygens (including phenoxy) is 1. The van der Waals surface area contributed by atoms with E-state index in [0.717, 1.165) is 22.4 Å². The van der Waals surface area contributed by atoms with E-state index in [1.807, 2.05) is 19.1 Å². The van der Waals surface area contributed by atoms with Crippen LogP contribution >= 0.6 is 0 Å². The molecule has 0 aliphatic rings. The molecule has 100 valence electrons. The average Bonchev–Trinajstić information content (AvgIpc) is 2.27. The number of ketones is 1. The molecule has 0 bridgehead atoms. The van der Waals surface area contributed by atoms with Crippen molar-refractivity contribution in [2.45, 2.75) is 33.1 Å². The van der Waals surface area contributed by atoms with Crippen LogP contribution in [0.3, 0.4) is 0 Å². The van der Waals surface area contributed by atoms with E-state index in [9.17, 15) is 4.79 Å². The van der Waals surface area contributed by atoms with Crippen molar-refractivity contribution in [3.8, 4) is 5.75 Å². The van der Waals surface area contributed by atoms with Crippen LogP contribution in [-0.4, -0.2) is 26.5 Å². The molecule has 0 radical (unpaired) electrons. The quantitative estimate of drug-likeness (QED) is 0.834. The van der Waals surface area contributed by atoms with E-state index in [-0.39, 0.29) is 11.2 Å². The number of methoxy groups -OCH3 is 1. The summed E-state index contributed by atoms with van der Waals surface area (Å²) in [5.41, 5.74) is 2.75. The number of benzene rings is 1. The number of rotatable bonds is 4. The molecule has 1 aromatic carbocycles. The maximum atomic E-state index is 12.0. The molecule has 0 atom stereocenters. The lowest BCUT2D eigenvalue weighted by molar-refractivity contribution is 0.0993. The molecule has 0 amide bonds. The molecule has 3 heteroatoms. The molecule has 0 unspecified atom stereocenters. The van der Waals surface area contributed by atoms with Crippen LogP contribution in [0.2, 0.25) is 0 Å². The zero-order valence-electron chi connectivity index (χ0n) is 12.2. The van der Waals surface area contributed by atoms with Crippen LogP contribution in [0.5, 0.6) is 5.75 Å². The Bertz CT molecular complexity index is 445. The Hall–Kier alpha value is -1.35. The van der Waals surface area contributed by atoms with Gasteiger partial charge in [-0.3, -0.25) is 4.79 Å². The normalized spacial score (nSPS) is 11.4. The topological polar surface area (TPSA) is 38.3 Å². The molecule has 1 N–H and O–H groups in total. The fourth-order valence-electron chi connectivity index (χ4n) is 1.99. The Morgan fingerprint density at radius 1 is 1.33 bits per heavy atom. The minimum Gasteiger partial charge on any atom is -0.496 e. The van der Waals surface area contributed by atoms with E-state index in [1.54, 1.807) is 14.2 Å². The van der Waals surface area contributed by atoms with Crippen LogP contribution in [-0.2, 0) is 5.41 Å². The molecule has 18 heavy (non-hydrogen) atoms. The maximum Gasteiger partial charge on any atom is 0.176 e. The first-order chi connectivity index (χ1) is 8.31. The van der Waals surface area contributed by atoms with E-state index in [4.69, 9.17) is 4.74 Å². The number of aryl methyl sites for hydroxylation is 1. The van der Waals surface area contributed by atoms with Crippen molar-refractivity contribution in [1.82, 2.24) is 5.32 Å². The van der Waals surface area contributed by atoms with Gasteiger partial charge in [0.2, 0.25) is 0 Å². The van der Waals surface area contributed by atoms with E-state index in [0.29, 0.717) is 6.54 Å². The molecular weight excluding hydrogens is 226 g/mol. The summed E-state index contributed by atoms with van der Waals surface area (Å²) in [4.78, 5) is 12.0. The number of Topliss-reactive ketones (excluding diaryl/α,β-unsaturated/α-hetero) is 1. The van der Waals surface area contributed by atoms with Gasteiger partial charge in [-0.1, -0.05) is 20.8 Å². The minimum absolute atomic E-state index is 0.0479. The van der Waals surface area contributed by atoms with Crippen LogP contribution in [0.4, 0.5) is 0 Å². The molecule has 0 spiro atoms. The second-order valence-corrected chi connectivity index (χ2v) is 5.57. The number of likely N-dealkylation sites (N-methyl/N-ethyl adjacent to an activating group) is 1. The lowest BCUT2D eigenvalue weighted by atomic mass is 9.84. The van der Waals surface area contributed by atoms with Gasteiger partial charge in [0.1, 0.15) is 5.75 Å². The lowest BCUT2D eigenvalue weighted by Crippen LogP contribution is -2.21. The molecule has 1 rings (SSSR count). The van der Waals surface area contributed by atoms with Crippen molar-refractivity contribution in [1.29, 1.82) is 0 Å². The second-order valence-electron chi connectivity index (χ2n) is 5.57. The smallest absolute Gasteiger partial charge is 0.176 e. The number of carbonyl (C=O) groups is 1. The summed E-state index contributed by atoms with van der Waals surface area (Å²) in [7, 11) is 3.44. The summed E-state index contributed by atoms with van der Waals surface area (Å²) in [6, 6.07) is 3.91. The SMILES string of the molecule is CNCC(=O)c1cc(C(C)(C)C)c(OC)cc1C. The molecule has 0 fully saturated rings. The summed E-state index contributed by atoms with van der Waals surface area (Å²) >= 11 is 0. The number of carbonyl (C=O) groups excluding carboxylic acids is 1. The maximum absolute atomic E-state index is 12.0. The number of hydrogen-bond donors (Lipinski definition) is 1. The standard InChI is InChI=1S/C15H23NO2/c1-10-7-14(18-6)12(15(2,3)4)8-11(10)13(17)9-16-5/h7-8,16H,9H2,1-6H3. The Morgan fingerprint density at radius 2 is 1.94 bits per heavy atom. The molecule has 0 aromatic heterocycles. The minimum atomic E-state index is -0.0479. The first-order valence-electron chi connectivity index (χ1n) is 6.18. The van der Waals surface area contributed by atoms with Gasteiger partial charge in [0, 0.05) is 11.1 Å². The van der Waals surface area contributed by atoms with Gasteiger partial charge in [-0.05, 0) is 37.1 Å². The molecule has 0 saturated carbocycles. The largest absolute Gasteiger partial charge is 0.496 e. The first-order valence-corrected chi connectivity index (χ1v) is 6.18. The Balaban J connectivity index is 3.35. The highest BCUT2D eigenvalue weighted by Gasteiger charge is 2.22. The summed E-state index contributed by atoms with van der Waals surface area (Å²) < 4.78 is 5.42. The third-order valence-electron chi connectivity index (χ3n) is 2.99. The van der Waals surface area contributed by atoms with Crippen molar-refractivity contribution in [3.05, 3.63) is 28.8 Å². The number of nitrogens with one attached hydrogen (secondary N) is 1. The zero-order valence-corrected chi connectivity index (χ0v) is 12.2. The predicted molar refractivity (Wildman–Crippen MR) is 74.7 cm³/mol. The van der Waals surface area contributed by atoms with E-state index >= 15 is 0 Å². The first kappa shape index (κ1) is 14.7. The molecule has 0 saturated heterocycles. The van der Waals surface area contributed by atoms with Gasteiger partial charge in [0.25, 0.3) is 0 Å². The highest BCUT2D eigenvalue weighted by Crippen LogP contribution is 2.33. The van der Waals surface area contributed by atoms with Gasteiger partial charge in [0.05, 0.1) is 13.7 Å². The molecule has 1 aromatic rings. The fourth-order valence-corrected chi connectivity index (χ4v) is 1.99. The third kappa shape index (κ3) is 3.10. The van der Waals surface area contributed by atoms with E-state index < -0.39 is 0 Å². The molecule has 0 aliphatic carbocycles. The predicted octanol–water partition coefficient (Wildman–Crippen LogP) is 2.70. The van der Waals surface area contributed by atoms with Gasteiger partial charge in [-0.2, -0.15) is 0 Å².